The molecule has 27 heavy (non-hydrogen) atoms. The Morgan fingerprint density at radius 2 is 1.81 bits per heavy atom. The highest BCUT2D eigenvalue weighted by molar-refractivity contribution is 6.35. The first-order valence-electron chi connectivity index (χ1n) is 8.77. The molecule has 0 atom stereocenters. The van der Waals surface area contributed by atoms with Gasteiger partial charge in [0, 0.05) is 16.5 Å². The molecule has 1 aromatic carbocycles. The molecule has 1 aromatic heterocycles. The van der Waals surface area contributed by atoms with Crippen LogP contribution in [0.2, 0.25) is 10.0 Å². The van der Waals surface area contributed by atoms with E-state index in [1.54, 1.807) is 30.3 Å². The number of aryl methyl sites for hydroxylation is 1. The molecule has 0 spiro atoms. The fraction of sp³-hybridized carbons (Fsp3) is 0.368. The van der Waals surface area contributed by atoms with E-state index in [1.165, 1.54) is 0 Å². The predicted molar refractivity (Wildman–Crippen MR) is 106 cm³/mol. The van der Waals surface area contributed by atoms with Gasteiger partial charge in [-0.2, -0.15) is 0 Å². The lowest BCUT2D eigenvalue weighted by Gasteiger charge is -2.15. The molecule has 0 aliphatic rings. The zero-order chi connectivity index (χ0) is 19.8. The second kappa shape index (κ2) is 10.3. The molecular weight excluding hydrogens is 389 g/mol. The van der Waals surface area contributed by atoms with Gasteiger partial charge in [-0.25, -0.2) is 0 Å². The van der Waals surface area contributed by atoms with Crippen LogP contribution in [0.5, 0.6) is 0 Å². The van der Waals surface area contributed by atoms with E-state index < -0.39 is 5.91 Å². The topological polar surface area (TPSA) is 74.6 Å². The van der Waals surface area contributed by atoms with Crippen molar-refractivity contribution in [2.45, 2.75) is 33.2 Å². The second-order valence-corrected chi connectivity index (χ2v) is 6.81. The first kappa shape index (κ1) is 21.3. The van der Waals surface area contributed by atoms with Gasteiger partial charge in [0.25, 0.3) is 0 Å². The predicted octanol–water partition coefficient (Wildman–Crippen LogP) is 3.82. The molecule has 6 nitrogen and oxygen atoms in total. The number of rotatable bonds is 8. The second-order valence-electron chi connectivity index (χ2n) is 5.97. The van der Waals surface area contributed by atoms with Crippen LogP contribution in [0.25, 0.3) is 0 Å². The lowest BCUT2D eigenvalue weighted by atomic mass is 10.1. The number of hydrogen-bond donors (Lipinski definition) is 2. The zero-order valence-electron chi connectivity index (χ0n) is 15.4. The summed E-state index contributed by atoms with van der Waals surface area (Å²) in [6.45, 7) is 6.55. The third-order valence-corrected chi connectivity index (χ3v) is 4.70. The van der Waals surface area contributed by atoms with E-state index in [2.05, 4.69) is 29.6 Å². The minimum Gasteiger partial charge on any atom is -0.454 e. The first-order chi connectivity index (χ1) is 12.9. The van der Waals surface area contributed by atoms with Crippen LogP contribution >= 0.6 is 23.2 Å². The number of amides is 2. The largest absolute Gasteiger partial charge is 0.454 e. The highest BCUT2D eigenvalue weighted by Gasteiger charge is 2.14. The molecule has 2 aromatic rings. The van der Waals surface area contributed by atoms with Crippen molar-refractivity contribution in [2.24, 2.45) is 0 Å². The van der Waals surface area contributed by atoms with Gasteiger partial charge in [-0.3, -0.25) is 25.3 Å². The molecule has 0 fully saturated rings. The van der Waals surface area contributed by atoms with Gasteiger partial charge in [-0.05, 0) is 49.3 Å². The molecule has 2 N–H and O–H groups in total. The first-order valence-corrected chi connectivity index (χ1v) is 9.52. The van der Waals surface area contributed by atoms with Crippen molar-refractivity contribution in [2.75, 3.05) is 13.1 Å². The normalized spacial score (nSPS) is 10.9. The molecule has 0 aliphatic heterocycles. The minimum atomic E-state index is -0.501. The van der Waals surface area contributed by atoms with Crippen molar-refractivity contribution in [1.82, 2.24) is 15.8 Å². The number of hydrogen-bond acceptors (Lipinski definition) is 4. The van der Waals surface area contributed by atoms with Crippen molar-refractivity contribution in [3.8, 4) is 0 Å². The lowest BCUT2D eigenvalue weighted by Crippen LogP contribution is -2.41. The number of halogens is 2. The highest BCUT2D eigenvalue weighted by Crippen LogP contribution is 2.22. The molecule has 0 saturated heterocycles. The molecule has 2 amide bonds. The van der Waals surface area contributed by atoms with Gasteiger partial charge in [-0.15, -0.1) is 0 Å². The Bertz CT molecular complexity index is 788. The number of carbonyl (C=O) groups excluding carboxylic acids is 2. The van der Waals surface area contributed by atoms with E-state index in [0.29, 0.717) is 28.8 Å². The van der Waals surface area contributed by atoms with Crippen molar-refractivity contribution in [3.63, 3.8) is 0 Å². The molecule has 1 heterocycles. The summed E-state index contributed by atoms with van der Waals surface area (Å²) in [5.74, 6) is 0.0220. The number of hydrazine groups is 1. The number of nitrogens with zero attached hydrogens (tertiary/aromatic N) is 1. The van der Waals surface area contributed by atoms with Gasteiger partial charge in [0.1, 0.15) is 5.76 Å². The Hall–Kier alpha value is -2.02. The van der Waals surface area contributed by atoms with Crippen LogP contribution in [0, 0.1) is 0 Å². The molecule has 0 radical (unpaired) electrons. The number of furan rings is 1. The Labute approximate surface area is 168 Å². The van der Waals surface area contributed by atoms with Crippen LogP contribution < -0.4 is 10.9 Å². The van der Waals surface area contributed by atoms with Gasteiger partial charge in [0.15, 0.2) is 5.76 Å². The fourth-order valence-corrected chi connectivity index (χ4v) is 2.98. The van der Waals surface area contributed by atoms with Crippen LogP contribution in [0.1, 0.15) is 42.1 Å². The fourth-order valence-electron chi connectivity index (χ4n) is 2.48. The maximum absolute atomic E-state index is 12.1. The van der Waals surface area contributed by atoms with Crippen molar-refractivity contribution < 1.29 is 14.0 Å². The summed E-state index contributed by atoms with van der Waals surface area (Å²) in [6.07, 6.45) is 0.611. The van der Waals surface area contributed by atoms with Crippen LogP contribution in [-0.4, -0.2) is 29.8 Å². The van der Waals surface area contributed by atoms with E-state index >= 15 is 0 Å². The summed E-state index contributed by atoms with van der Waals surface area (Å²) in [6, 6.07) is 8.47. The smallest absolute Gasteiger partial charge is 0.305 e. The van der Waals surface area contributed by atoms with Crippen molar-refractivity contribution in [3.05, 3.63) is 57.5 Å². The third-order valence-electron chi connectivity index (χ3n) is 4.11. The third kappa shape index (κ3) is 6.57. The van der Waals surface area contributed by atoms with Gasteiger partial charge < -0.3 is 4.42 Å². The van der Waals surface area contributed by atoms with E-state index in [4.69, 9.17) is 27.6 Å². The van der Waals surface area contributed by atoms with Crippen LogP contribution in [-0.2, 0) is 17.8 Å². The molecule has 2 rings (SSSR count). The van der Waals surface area contributed by atoms with E-state index in [0.717, 1.165) is 18.7 Å². The van der Waals surface area contributed by atoms with Gasteiger partial charge >= 0.3 is 5.91 Å². The van der Waals surface area contributed by atoms with E-state index in [9.17, 15) is 9.59 Å². The van der Waals surface area contributed by atoms with Crippen LogP contribution in [0.4, 0.5) is 0 Å². The monoisotopic (exact) mass is 411 g/mol. The molecule has 0 saturated carbocycles. The Morgan fingerprint density at radius 1 is 1.07 bits per heavy atom. The lowest BCUT2D eigenvalue weighted by molar-refractivity contribution is -0.121. The summed E-state index contributed by atoms with van der Waals surface area (Å²) < 4.78 is 5.53. The molecule has 0 aliphatic carbocycles. The van der Waals surface area contributed by atoms with Crippen LogP contribution in [0.15, 0.2) is 34.7 Å². The SMILES string of the molecule is CCN(CC)Cc1ccc(C(=O)NNC(=O)CCc2ccc(Cl)cc2Cl)o1. The molecule has 8 heteroatoms. The average Bonchev–Trinajstić information content (AvgIpc) is 3.12. The molecule has 146 valence electrons. The maximum Gasteiger partial charge on any atom is 0.305 e. The van der Waals surface area contributed by atoms with Crippen LogP contribution in [0.3, 0.4) is 0 Å². The van der Waals surface area contributed by atoms with Gasteiger partial charge in [-0.1, -0.05) is 43.1 Å². The Morgan fingerprint density at radius 3 is 2.48 bits per heavy atom. The van der Waals surface area contributed by atoms with Gasteiger partial charge in [0.2, 0.25) is 5.91 Å². The average molecular weight is 412 g/mol. The molecule has 0 unspecified atom stereocenters. The summed E-state index contributed by atoms with van der Waals surface area (Å²) in [4.78, 5) is 26.2. The van der Waals surface area contributed by atoms with E-state index in [1.807, 2.05) is 0 Å². The number of benzene rings is 1. The maximum atomic E-state index is 12.1. The standard InChI is InChI=1S/C19H23Cl2N3O3/c1-3-24(4-2)12-15-8-9-17(27-15)19(26)23-22-18(25)10-6-13-5-7-14(20)11-16(13)21/h5,7-9,11H,3-4,6,10,12H2,1-2H3,(H,22,25)(H,23,26). The van der Waals surface area contributed by atoms with Crippen molar-refractivity contribution in [1.29, 1.82) is 0 Å². The summed E-state index contributed by atoms with van der Waals surface area (Å²) >= 11 is 11.9. The summed E-state index contributed by atoms with van der Waals surface area (Å²) in [7, 11) is 0. The van der Waals surface area contributed by atoms with E-state index in [-0.39, 0.29) is 18.1 Å². The molecule has 0 bridgehead atoms. The number of carbonyl (C=O) groups is 2. The summed E-state index contributed by atoms with van der Waals surface area (Å²) in [5, 5.41) is 1.05. The quantitative estimate of drug-likeness (QED) is 0.647. The van der Waals surface area contributed by atoms with Gasteiger partial charge in [0.05, 0.1) is 6.54 Å². The Kier molecular flexibility index (Phi) is 8.16. The summed E-state index contributed by atoms with van der Waals surface area (Å²) in [5.41, 5.74) is 5.54. The minimum absolute atomic E-state index is 0.151. The number of nitrogens with one attached hydrogen (secondary N) is 2. The molecular formula is C19H23Cl2N3O3. The Balaban J connectivity index is 1.79. The van der Waals surface area contributed by atoms with Crippen molar-refractivity contribution >= 4 is 35.0 Å². The highest BCUT2D eigenvalue weighted by atomic mass is 35.5. The zero-order valence-corrected chi connectivity index (χ0v) is 16.9.